The quantitative estimate of drug-likeness (QED) is 0.0429. The van der Waals surface area contributed by atoms with E-state index in [2.05, 4.69) is 30.8 Å². The summed E-state index contributed by atoms with van der Waals surface area (Å²) in [5.41, 5.74) is 0. The number of hydrogen-bond donors (Lipinski definition) is 1. The molecule has 0 aliphatic carbocycles. The summed E-state index contributed by atoms with van der Waals surface area (Å²) < 4.78 is 7.30. The van der Waals surface area contributed by atoms with Crippen molar-refractivity contribution in [1.29, 1.82) is 0 Å². The second-order valence-corrected chi connectivity index (χ2v) is 14.0. The third-order valence-electron chi connectivity index (χ3n) is 9.54. The lowest BCUT2D eigenvalue weighted by Gasteiger charge is -2.03. The first-order valence-electron chi connectivity index (χ1n) is 20.6. The highest BCUT2D eigenvalue weighted by Gasteiger charge is 2.16. The van der Waals surface area contributed by atoms with Gasteiger partial charge in [0.1, 0.15) is 13.1 Å². The molecule has 0 fully saturated rings. The van der Waals surface area contributed by atoms with Gasteiger partial charge in [-0.05, 0) is 19.8 Å². The molecule has 0 bridgehead atoms. The fourth-order valence-electron chi connectivity index (χ4n) is 6.45. The minimum atomic E-state index is -0.0304. The van der Waals surface area contributed by atoms with Crippen LogP contribution in [0, 0.1) is 0 Å². The molecule has 46 heavy (non-hydrogen) atoms. The number of likely N-dealkylation sites (N-methyl/N-ethyl adjacent to an activating group) is 1. The molecule has 5 heteroatoms. The van der Waals surface area contributed by atoms with E-state index in [1.54, 1.807) is 0 Å². The Kier molecular flexibility index (Phi) is 41.6. The van der Waals surface area contributed by atoms with Crippen LogP contribution in [0.15, 0.2) is 0 Å². The average Bonchev–Trinajstić information content (AvgIpc) is 3.45. The zero-order chi connectivity index (χ0) is 32.9. The Hall–Kier alpha value is -0.770. The van der Waals surface area contributed by atoms with Crippen molar-refractivity contribution in [1.82, 2.24) is 5.32 Å². The number of esters is 1. The summed E-state index contributed by atoms with van der Waals surface area (Å²) in [5, 5.41) is 3.50. The Bertz CT molecular complexity index is 640. The van der Waals surface area contributed by atoms with Crippen molar-refractivity contribution in [3.8, 4) is 0 Å². The van der Waals surface area contributed by atoms with Crippen LogP contribution in [-0.4, -0.2) is 43.1 Å². The molecule has 0 aromatic heterocycles. The summed E-state index contributed by atoms with van der Waals surface area (Å²) in [6.07, 6.45) is 43.9. The van der Waals surface area contributed by atoms with Crippen LogP contribution in [0.3, 0.4) is 0 Å². The van der Waals surface area contributed by atoms with Crippen molar-refractivity contribution in [2.45, 2.75) is 226 Å². The zero-order valence-electron chi connectivity index (χ0n) is 31.9. The van der Waals surface area contributed by atoms with Gasteiger partial charge < -0.3 is 17.1 Å². The van der Waals surface area contributed by atoms with E-state index in [1.165, 1.54) is 205 Å². The van der Waals surface area contributed by atoms with E-state index in [4.69, 9.17) is 4.74 Å². The lowest BCUT2D eigenvalue weighted by molar-refractivity contribution is -0.487. The topological polar surface area (TPSA) is 41.3 Å². The van der Waals surface area contributed by atoms with Gasteiger partial charge in [-0.15, -0.1) is 0 Å². The molecule has 1 heterocycles. The van der Waals surface area contributed by atoms with Crippen molar-refractivity contribution in [2.75, 3.05) is 26.7 Å². The minimum Gasteiger partial charge on any atom is -1.00 e. The maximum atomic E-state index is 11.2. The van der Waals surface area contributed by atoms with Crippen LogP contribution in [0.2, 0.25) is 0 Å². The number of nitrogens with one attached hydrogen (secondary N) is 1. The fraction of sp³-hybridized carbons (Fsp3) is 0.951. The van der Waals surface area contributed by atoms with E-state index in [9.17, 15) is 4.79 Å². The molecule has 1 N–H and O–H groups in total. The standard InChI is InChI=1S/C21H42N2.C20H40O2.ClH/c1-3-4-5-6-7-8-9-10-11-12-13-14-15-16-17-18-21-22-19-20-23(21)2;1-3-5-6-7-8-9-10-11-12-13-14-15-16-17-18-19-20(21)22-4-2;/h3-20H2,1-2H3;3-19H2,1-2H3;1H. The van der Waals surface area contributed by atoms with Crippen LogP contribution in [-0.2, 0) is 9.53 Å². The number of hydrogen-bond acceptors (Lipinski definition) is 3. The summed E-state index contributed by atoms with van der Waals surface area (Å²) in [6.45, 7) is 9.28. The Morgan fingerprint density at radius 2 is 0.870 bits per heavy atom. The highest BCUT2D eigenvalue weighted by Crippen LogP contribution is 2.15. The molecule has 0 spiro atoms. The van der Waals surface area contributed by atoms with E-state index < -0.39 is 0 Å². The lowest BCUT2D eigenvalue weighted by Crippen LogP contribution is -3.00. The van der Waals surface area contributed by atoms with Gasteiger partial charge >= 0.3 is 5.97 Å². The Labute approximate surface area is 295 Å². The van der Waals surface area contributed by atoms with Crippen molar-refractivity contribution < 1.29 is 26.5 Å². The van der Waals surface area contributed by atoms with Crippen LogP contribution < -0.4 is 17.7 Å². The summed E-state index contributed by atoms with van der Waals surface area (Å²) >= 11 is 0. The summed E-state index contributed by atoms with van der Waals surface area (Å²) in [5.74, 6) is 1.44. The van der Waals surface area contributed by atoms with E-state index in [1.807, 2.05) is 6.92 Å². The number of amidine groups is 1. The Morgan fingerprint density at radius 1 is 0.543 bits per heavy atom. The van der Waals surface area contributed by atoms with Crippen LogP contribution >= 0.6 is 0 Å². The summed E-state index contributed by atoms with van der Waals surface area (Å²) in [4.78, 5) is 11.2. The molecule has 0 amide bonds. The third kappa shape index (κ3) is 36.1. The maximum Gasteiger partial charge on any atom is 0.305 e. The molecule has 0 saturated heterocycles. The van der Waals surface area contributed by atoms with E-state index in [0.29, 0.717) is 13.0 Å². The van der Waals surface area contributed by atoms with Gasteiger partial charge in [0.25, 0.3) is 0 Å². The van der Waals surface area contributed by atoms with E-state index >= 15 is 0 Å². The van der Waals surface area contributed by atoms with Crippen molar-refractivity contribution >= 4 is 11.8 Å². The Balaban J connectivity index is 0. The zero-order valence-corrected chi connectivity index (χ0v) is 32.6. The van der Waals surface area contributed by atoms with Gasteiger partial charge in [0.05, 0.1) is 13.7 Å². The predicted molar refractivity (Wildman–Crippen MR) is 200 cm³/mol. The molecule has 1 rings (SSSR count). The van der Waals surface area contributed by atoms with Crippen LogP contribution in [0.4, 0.5) is 0 Å². The number of unbranched alkanes of at least 4 members (excludes halogenated alkanes) is 28. The molecule has 0 unspecified atom stereocenters. The molecule has 276 valence electrons. The first-order chi connectivity index (χ1) is 22.2. The number of halogens is 1. The van der Waals surface area contributed by atoms with Crippen molar-refractivity contribution in [3.05, 3.63) is 0 Å². The normalized spacial score (nSPS) is 12.4. The maximum absolute atomic E-state index is 11.2. The average molecular weight is 672 g/mol. The predicted octanol–water partition coefficient (Wildman–Crippen LogP) is 9.71. The highest BCUT2D eigenvalue weighted by atomic mass is 35.5. The second-order valence-electron chi connectivity index (χ2n) is 14.0. The molecular formula is C41H83ClN2O2. The van der Waals surface area contributed by atoms with Gasteiger partial charge in [-0.3, -0.25) is 14.7 Å². The largest absolute Gasteiger partial charge is 1.00 e. The van der Waals surface area contributed by atoms with Gasteiger partial charge in [-0.25, -0.2) is 0 Å². The van der Waals surface area contributed by atoms with E-state index in [0.717, 1.165) is 13.0 Å². The molecule has 1 aliphatic heterocycles. The van der Waals surface area contributed by atoms with Crippen LogP contribution in [0.1, 0.15) is 226 Å². The SMILES string of the molecule is CCCCCCCCCCCCCCCCCC(=O)OCC.CCCCCCCCCCCCCCCCCC1=[N+](C)CCN1.[Cl-]. The molecule has 1 aliphatic rings. The summed E-state index contributed by atoms with van der Waals surface area (Å²) in [7, 11) is 2.21. The minimum absolute atomic E-state index is 0. The number of nitrogens with zero attached hydrogens (tertiary/aromatic N) is 1. The fourth-order valence-corrected chi connectivity index (χ4v) is 6.45. The molecule has 0 saturated carbocycles. The first-order valence-corrected chi connectivity index (χ1v) is 20.6. The molecule has 0 aromatic rings. The monoisotopic (exact) mass is 671 g/mol. The van der Waals surface area contributed by atoms with Gasteiger partial charge in [-0.2, -0.15) is 0 Å². The van der Waals surface area contributed by atoms with Crippen molar-refractivity contribution in [3.63, 3.8) is 0 Å². The smallest absolute Gasteiger partial charge is 0.305 e. The van der Waals surface area contributed by atoms with Gasteiger partial charge in [0.2, 0.25) is 5.84 Å². The molecule has 0 aromatic carbocycles. The number of carbonyl (C=O) groups is 1. The number of rotatable bonds is 33. The lowest BCUT2D eigenvalue weighted by atomic mass is 10.0. The van der Waals surface area contributed by atoms with Gasteiger partial charge in [0.15, 0.2) is 0 Å². The first kappa shape index (κ1) is 47.3. The molecule has 4 nitrogen and oxygen atoms in total. The highest BCUT2D eigenvalue weighted by molar-refractivity contribution is 5.78. The Morgan fingerprint density at radius 3 is 1.17 bits per heavy atom. The van der Waals surface area contributed by atoms with Gasteiger partial charge in [-0.1, -0.05) is 194 Å². The number of ether oxygens (including phenoxy) is 1. The van der Waals surface area contributed by atoms with E-state index in [-0.39, 0.29) is 18.4 Å². The van der Waals surface area contributed by atoms with Crippen LogP contribution in [0.5, 0.6) is 0 Å². The third-order valence-corrected chi connectivity index (χ3v) is 9.54. The number of carbonyl (C=O) groups excluding carboxylic acids is 1. The molecule has 0 radical (unpaired) electrons. The van der Waals surface area contributed by atoms with Crippen LogP contribution in [0.25, 0.3) is 0 Å². The van der Waals surface area contributed by atoms with Gasteiger partial charge in [0, 0.05) is 12.8 Å². The molecule has 0 atom stereocenters. The molecular weight excluding hydrogens is 588 g/mol. The van der Waals surface area contributed by atoms with Crippen molar-refractivity contribution in [2.24, 2.45) is 0 Å². The summed E-state index contributed by atoms with van der Waals surface area (Å²) in [6, 6.07) is 0. The second kappa shape index (κ2) is 40.4.